The first-order valence-electron chi connectivity index (χ1n) is 4.78. The average molecular weight is 230 g/mol. The molecule has 2 N–H and O–H groups in total. The lowest BCUT2D eigenvalue weighted by Gasteiger charge is -2.35. The van der Waals surface area contributed by atoms with Crippen LogP contribution in [0, 0.1) is 0 Å². The van der Waals surface area contributed by atoms with E-state index in [9.17, 15) is 14.4 Å². The average Bonchev–Trinajstić information content (AvgIpc) is 2.20. The predicted molar refractivity (Wildman–Crippen MR) is 52.6 cm³/mol. The van der Waals surface area contributed by atoms with E-state index in [1.165, 1.54) is 12.0 Å². The van der Waals surface area contributed by atoms with E-state index in [1.807, 2.05) is 0 Å². The standard InChI is InChI=1S/C9H14N2O5/c1-5-8(13)10-7(12)3-11(5)6(4-16-2)9(14)15/h5-6H,3-4H2,1-2H3,(H,14,15)(H,10,12,13). The Bertz CT molecular complexity index is 317. The molecule has 0 aromatic carbocycles. The van der Waals surface area contributed by atoms with Crippen molar-refractivity contribution in [3.63, 3.8) is 0 Å². The second kappa shape index (κ2) is 5.04. The Balaban J connectivity index is 2.85. The van der Waals surface area contributed by atoms with Gasteiger partial charge in [0, 0.05) is 7.11 Å². The van der Waals surface area contributed by atoms with Crippen molar-refractivity contribution in [2.24, 2.45) is 0 Å². The van der Waals surface area contributed by atoms with Crippen LogP contribution in [0.25, 0.3) is 0 Å². The van der Waals surface area contributed by atoms with Gasteiger partial charge in [-0.1, -0.05) is 0 Å². The second-order valence-corrected chi connectivity index (χ2v) is 3.57. The van der Waals surface area contributed by atoms with E-state index < -0.39 is 29.9 Å². The fourth-order valence-electron chi connectivity index (χ4n) is 1.58. The van der Waals surface area contributed by atoms with Gasteiger partial charge in [-0.2, -0.15) is 0 Å². The summed E-state index contributed by atoms with van der Waals surface area (Å²) in [6, 6.07) is -1.65. The molecule has 7 heteroatoms. The van der Waals surface area contributed by atoms with Crippen molar-refractivity contribution in [2.45, 2.75) is 19.0 Å². The summed E-state index contributed by atoms with van der Waals surface area (Å²) in [6.07, 6.45) is 0. The Kier molecular flexibility index (Phi) is 3.97. The van der Waals surface area contributed by atoms with Crippen LogP contribution in [0.5, 0.6) is 0 Å². The fraction of sp³-hybridized carbons (Fsp3) is 0.667. The number of nitrogens with one attached hydrogen (secondary N) is 1. The van der Waals surface area contributed by atoms with Gasteiger partial charge in [0.05, 0.1) is 19.2 Å². The van der Waals surface area contributed by atoms with Gasteiger partial charge in [-0.15, -0.1) is 0 Å². The number of piperazine rings is 1. The third kappa shape index (κ3) is 2.56. The van der Waals surface area contributed by atoms with E-state index in [-0.39, 0.29) is 13.2 Å². The molecular weight excluding hydrogens is 216 g/mol. The van der Waals surface area contributed by atoms with Crippen LogP contribution in [0.3, 0.4) is 0 Å². The zero-order valence-corrected chi connectivity index (χ0v) is 9.10. The van der Waals surface area contributed by atoms with Gasteiger partial charge >= 0.3 is 5.97 Å². The van der Waals surface area contributed by atoms with Gasteiger partial charge in [0.25, 0.3) is 0 Å². The normalized spacial score (nSPS) is 24.0. The van der Waals surface area contributed by atoms with Crippen molar-refractivity contribution < 1.29 is 24.2 Å². The molecule has 90 valence electrons. The summed E-state index contributed by atoms with van der Waals surface area (Å²) in [5, 5.41) is 11.1. The maximum Gasteiger partial charge on any atom is 0.323 e. The predicted octanol–water partition coefficient (Wildman–Crippen LogP) is -1.57. The number of nitrogens with zero attached hydrogens (tertiary/aromatic N) is 1. The minimum absolute atomic E-state index is 0.0692. The molecule has 2 atom stereocenters. The first-order valence-corrected chi connectivity index (χ1v) is 4.78. The van der Waals surface area contributed by atoms with Crippen molar-refractivity contribution in [3.05, 3.63) is 0 Å². The zero-order chi connectivity index (χ0) is 12.3. The number of carboxylic acids is 1. The highest BCUT2D eigenvalue weighted by molar-refractivity contribution is 6.01. The molecule has 0 bridgehead atoms. The molecule has 0 spiro atoms. The van der Waals surface area contributed by atoms with Crippen LogP contribution in [0.1, 0.15) is 6.92 Å². The molecule has 16 heavy (non-hydrogen) atoms. The first kappa shape index (κ1) is 12.6. The van der Waals surface area contributed by atoms with Crippen LogP contribution in [-0.2, 0) is 19.1 Å². The molecule has 1 aliphatic heterocycles. The number of carbonyl (C=O) groups excluding carboxylic acids is 2. The van der Waals surface area contributed by atoms with Crippen LogP contribution in [-0.4, -0.2) is 60.1 Å². The first-order chi connectivity index (χ1) is 7.47. The van der Waals surface area contributed by atoms with E-state index in [0.29, 0.717) is 0 Å². The van der Waals surface area contributed by atoms with Gasteiger partial charge in [0.15, 0.2) is 0 Å². The van der Waals surface area contributed by atoms with Crippen molar-refractivity contribution >= 4 is 17.8 Å². The molecular formula is C9H14N2O5. The lowest BCUT2D eigenvalue weighted by atomic mass is 10.1. The van der Waals surface area contributed by atoms with Crippen molar-refractivity contribution in [2.75, 3.05) is 20.3 Å². The van der Waals surface area contributed by atoms with Gasteiger partial charge < -0.3 is 9.84 Å². The zero-order valence-electron chi connectivity index (χ0n) is 9.10. The molecule has 1 aliphatic rings. The van der Waals surface area contributed by atoms with E-state index in [4.69, 9.17) is 9.84 Å². The van der Waals surface area contributed by atoms with Crippen molar-refractivity contribution in [1.82, 2.24) is 10.2 Å². The number of aliphatic carboxylic acids is 1. The summed E-state index contributed by atoms with van der Waals surface area (Å²) >= 11 is 0. The number of amides is 2. The molecule has 0 aromatic heterocycles. The van der Waals surface area contributed by atoms with Gasteiger partial charge in [0.1, 0.15) is 6.04 Å². The summed E-state index contributed by atoms with van der Waals surface area (Å²) < 4.78 is 4.77. The maximum atomic E-state index is 11.3. The highest BCUT2D eigenvalue weighted by Gasteiger charge is 2.38. The van der Waals surface area contributed by atoms with Crippen LogP contribution in [0.2, 0.25) is 0 Å². The maximum absolute atomic E-state index is 11.3. The number of hydrogen-bond donors (Lipinski definition) is 2. The SMILES string of the molecule is COCC(C(=O)O)N1CC(=O)NC(=O)C1C. The topological polar surface area (TPSA) is 95.9 Å². The number of methoxy groups -OCH3 is 1. The number of carboxylic acid groups (broad SMARTS) is 1. The van der Waals surface area contributed by atoms with Gasteiger partial charge in [-0.05, 0) is 6.92 Å². The molecule has 1 heterocycles. The van der Waals surface area contributed by atoms with Gasteiger partial charge in [-0.25, -0.2) is 0 Å². The van der Waals surface area contributed by atoms with Crippen molar-refractivity contribution in [3.8, 4) is 0 Å². The summed E-state index contributed by atoms with van der Waals surface area (Å²) in [5.74, 6) is -2.10. The van der Waals surface area contributed by atoms with Crippen LogP contribution in [0.4, 0.5) is 0 Å². The molecule has 1 fully saturated rings. The number of rotatable bonds is 4. The Morgan fingerprint density at radius 1 is 1.69 bits per heavy atom. The lowest BCUT2D eigenvalue weighted by molar-refractivity contribution is -0.152. The number of carbonyl (C=O) groups is 3. The third-order valence-corrected chi connectivity index (χ3v) is 2.48. The third-order valence-electron chi connectivity index (χ3n) is 2.48. The molecule has 0 saturated carbocycles. The lowest BCUT2D eigenvalue weighted by Crippen LogP contribution is -2.62. The molecule has 0 aliphatic carbocycles. The van der Waals surface area contributed by atoms with E-state index >= 15 is 0 Å². The van der Waals surface area contributed by atoms with Crippen LogP contribution < -0.4 is 5.32 Å². The smallest absolute Gasteiger partial charge is 0.323 e. The Labute approximate surface area is 92.4 Å². The molecule has 2 amide bonds. The Morgan fingerprint density at radius 3 is 2.81 bits per heavy atom. The Hall–Kier alpha value is -1.47. The number of hydrogen-bond acceptors (Lipinski definition) is 5. The summed E-state index contributed by atoms with van der Waals surface area (Å²) in [4.78, 5) is 34.8. The van der Waals surface area contributed by atoms with Crippen molar-refractivity contribution in [1.29, 1.82) is 0 Å². The molecule has 7 nitrogen and oxygen atoms in total. The molecule has 0 aromatic rings. The van der Waals surface area contributed by atoms with E-state index in [1.54, 1.807) is 6.92 Å². The van der Waals surface area contributed by atoms with Gasteiger partial charge in [-0.3, -0.25) is 24.6 Å². The second-order valence-electron chi connectivity index (χ2n) is 3.57. The van der Waals surface area contributed by atoms with Crippen LogP contribution in [0.15, 0.2) is 0 Å². The monoisotopic (exact) mass is 230 g/mol. The minimum atomic E-state index is -1.11. The highest BCUT2D eigenvalue weighted by Crippen LogP contribution is 2.10. The van der Waals surface area contributed by atoms with Crippen LogP contribution >= 0.6 is 0 Å². The number of imide groups is 1. The highest BCUT2D eigenvalue weighted by atomic mass is 16.5. The summed E-state index contributed by atoms with van der Waals surface area (Å²) in [7, 11) is 1.37. The van der Waals surface area contributed by atoms with E-state index in [0.717, 1.165) is 0 Å². The fourth-order valence-corrected chi connectivity index (χ4v) is 1.58. The molecule has 0 radical (unpaired) electrons. The molecule has 1 rings (SSSR count). The Morgan fingerprint density at radius 2 is 2.31 bits per heavy atom. The largest absolute Gasteiger partial charge is 0.480 e. The molecule has 1 saturated heterocycles. The summed E-state index contributed by atoms with van der Waals surface area (Å²) in [6.45, 7) is 1.36. The van der Waals surface area contributed by atoms with E-state index in [2.05, 4.69) is 5.32 Å². The quantitative estimate of drug-likeness (QED) is 0.567. The molecule has 2 unspecified atom stereocenters. The minimum Gasteiger partial charge on any atom is -0.480 e. The summed E-state index contributed by atoms with van der Waals surface area (Å²) in [5.41, 5.74) is 0. The number of ether oxygens (including phenoxy) is 1. The van der Waals surface area contributed by atoms with Gasteiger partial charge in [0.2, 0.25) is 11.8 Å².